The summed E-state index contributed by atoms with van der Waals surface area (Å²) in [5.74, 6) is -1.25. The van der Waals surface area contributed by atoms with Gasteiger partial charge in [-0.2, -0.15) is 13.2 Å². The van der Waals surface area contributed by atoms with Crippen molar-refractivity contribution in [1.82, 2.24) is 4.90 Å². The van der Waals surface area contributed by atoms with Crippen LogP contribution in [0.3, 0.4) is 0 Å². The summed E-state index contributed by atoms with van der Waals surface area (Å²) in [5.41, 5.74) is 1.03. The minimum atomic E-state index is -4.39. The summed E-state index contributed by atoms with van der Waals surface area (Å²) >= 11 is 0. The molecule has 1 rings (SSSR count). The van der Waals surface area contributed by atoms with E-state index in [-0.39, 0.29) is 0 Å². The Morgan fingerprint density at radius 2 is 1.90 bits per heavy atom. The predicted molar refractivity (Wildman–Crippen MR) is 69.5 cm³/mol. The van der Waals surface area contributed by atoms with Crippen molar-refractivity contribution in [3.8, 4) is 0 Å². The van der Waals surface area contributed by atoms with E-state index in [0.717, 1.165) is 10.5 Å². The number of rotatable bonds is 7. The molecule has 6 heteroatoms. The monoisotopic (exact) mass is 289 g/mol. The maximum Gasteiger partial charge on any atom is 0.401 e. The second-order valence-electron chi connectivity index (χ2n) is 4.79. The number of hydrogen-bond donors (Lipinski definition) is 1. The van der Waals surface area contributed by atoms with E-state index in [1.165, 1.54) is 0 Å². The first-order chi connectivity index (χ1) is 9.28. The normalized spacial score (nSPS) is 13.4. The van der Waals surface area contributed by atoms with Gasteiger partial charge in [-0.05, 0) is 25.3 Å². The Kier molecular flexibility index (Phi) is 6.01. The Morgan fingerprint density at radius 3 is 2.40 bits per heavy atom. The zero-order chi connectivity index (χ0) is 15.2. The number of carboxylic acid groups (broad SMARTS) is 1. The van der Waals surface area contributed by atoms with Crippen molar-refractivity contribution in [3.63, 3.8) is 0 Å². The lowest BCUT2D eigenvalue weighted by atomic mass is 10.1. The molecule has 0 amide bonds. The first-order valence-corrected chi connectivity index (χ1v) is 6.34. The third kappa shape index (κ3) is 6.56. The van der Waals surface area contributed by atoms with E-state index in [2.05, 4.69) is 0 Å². The molecule has 0 bridgehead atoms. The Bertz CT molecular complexity index is 420. The van der Waals surface area contributed by atoms with Crippen LogP contribution in [0.15, 0.2) is 30.3 Å². The maximum absolute atomic E-state index is 12.4. The smallest absolute Gasteiger partial charge is 0.401 e. The van der Waals surface area contributed by atoms with Crippen LogP contribution in [0.5, 0.6) is 0 Å². The minimum absolute atomic E-state index is 0.451. The fourth-order valence-corrected chi connectivity index (χ4v) is 1.97. The molecule has 0 heterocycles. The molecule has 1 aromatic rings. The van der Waals surface area contributed by atoms with Gasteiger partial charge in [-0.25, -0.2) is 0 Å². The first-order valence-electron chi connectivity index (χ1n) is 6.34. The number of carboxylic acids is 1. The van der Waals surface area contributed by atoms with Crippen molar-refractivity contribution in [3.05, 3.63) is 35.9 Å². The predicted octanol–water partition coefficient (Wildman–Crippen LogP) is 2.96. The van der Waals surface area contributed by atoms with E-state index in [1.54, 1.807) is 6.92 Å². The molecule has 0 saturated carbocycles. The van der Waals surface area contributed by atoms with Crippen LogP contribution in [0.25, 0.3) is 0 Å². The third-order valence-electron chi connectivity index (χ3n) is 3.04. The molecule has 20 heavy (non-hydrogen) atoms. The standard InChI is InChI=1S/C14H18F3NO2/c1-11(7-8-12-5-3-2-4-6-12)18(9-13(19)20)10-14(15,16)17/h2-6,11H,7-10H2,1H3,(H,19,20). The molecule has 1 aromatic carbocycles. The molecule has 0 fully saturated rings. The highest BCUT2D eigenvalue weighted by atomic mass is 19.4. The molecule has 0 spiro atoms. The van der Waals surface area contributed by atoms with Gasteiger partial charge in [-0.15, -0.1) is 0 Å². The molecular formula is C14H18F3NO2. The van der Waals surface area contributed by atoms with Gasteiger partial charge in [0, 0.05) is 6.04 Å². The lowest BCUT2D eigenvalue weighted by Crippen LogP contribution is -2.43. The average molecular weight is 289 g/mol. The molecule has 1 unspecified atom stereocenters. The quantitative estimate of drug-likeness (QED) is 0.839. The number of aliphatic carboxylic acids is 1. The van der Waals surface area contributed by atoms with Crippen LogP contribution < -0.4 is 0 Å². The molecular weight excluding hydrogens is 271 g/mol. The fourth-order valence-electron chi connectivity index (χ4n) is 1.97. The largest absolute Gasteiger partial charge is 0.480 e. The molecule has 0 aliphatic heterocycles. The van der Waals surface area contributed by atoms with Gasteiger partial charge in [0.05, 0.1) is 13.1 Å². The second kappa shape index (κ2) is 7.28. The Hall–Kier alpha value is -1.56. The summed E-state index contributed by atoms with van der Waals surface area (Å²) in [7, 11) is 0. The van der Waals surface area contributed by atoms with E-state index in [9.17, 15) is 18.0 Å². The van der Waals surface area contributed by atoms with Gasteiger partial charge in [-0.1, -0.05) is 30.3 Å². The highest BCUT2D eigenvalue weighted by Crippen LogP contribution is 2.19. The van der Waals surface area contributed by atoms with Crippen LogP contribution in [-0.2, 0) is 11.2 Å². The lowest BCUT2D eigenvalue weighted by Gasteiger charge is -2.28. The van der Waals surface area contributed by atoms with Crippen molar-refractivity contribution < 1.29 is 23.1 Å². The molecule has 3 nitrogen and oxygen atoms in total. The molecule has 0 saturated heterocycles. The summed E-state index contributed by atoms with van der Waals surface area (Å²) in [6, 6.07) is 8.95. The van der Waals surface area contributed by atoms with Crippen LogP contribution in [-0.4, -0.2) is 41.3 Å². The van der Waals surface area contributed by atoms with Gasteiger partial charge in [0.1, 0.15) is 0 Å². The summed E-state index contributed by atoms with van der Waals surface area (Å²) in [6.45, 7) is -0.178. The van der Waals surface area contributed by atoms with E-state index in [4.69, 9.17) is 5.11 Å². The zero-order valence-electron chi connectivity index (χ0n) is 11.2. The molecule has 0 aliphatic carbocycles. The fraction of sp³-hybridized carbons (Fsp3) is 0.500. The zero-order valence-corrected chi connectivity index (χ0v) is 11.2. The van der Waals surface area contributed by atoms with Crippen molar-refractivity contribution in [2.45, 2.75) is 32.0 Å². The van der Waals surface area contributed by atoms with Gasteiger partial charge in [-0.3, -0.25) is 9.69 Å². The number of benzene rings is 1. The van der Waals surface area contributed by atoms with Gasteiger partial charge in [0.2, 0.25) is 0 Å². The van der Waals surface area contributed by atoms with E-state index in [1.807, 2.05) is 30.3 Å². The van der Waals surface area contributed by atoms with Crippen LogP contribution in [0, 0.1) is 0 Å². The summed E-state index contributed by atoms with van der Waals surface area (Å²) in [6.07, 6.45) is -3.29. The Morgan fingerprint density at radius 1 is 1.30 bits per heavy atom. The molecule has 0 aliphatic rings. The summed E-state index contributed by atoms with van der Waals surface area (Å²) < 4.78 is 37.3. The third-order valence-corrected chi connectivity index (χ3v) is 3.04. The topological polar surface area (TPSA) is 40.5 Å². The summed E-state index contributed by atoms with van der Waals surface area (Å²) in [5, 5.41) is 8.71. The van der Waals surface area contributed by atoms with Crippen molar-refractivity contribution >= 4 is 5.97 Å². The van der Waals surface area contributed by atoms with Gasteiger partial charge < -0.3 is 5.11 Å². The molecule has 0 aromatic heterocycles. The lowest BCUT2D eigenvalue weighted by molar-refractivity contribution is -0.157. The number of nitrogens with zero attached hydrogens (tertiary/aromatic N) is 1. The van der Waals surface area contributed by atoms with Gasteiger partial charge >= 0.3 is 12.1 Å². The average Bonchev–Trinajstić information content (AvgIpc) is 2.34. The number of alkyl halides is 3. The van der Waals surface area contributed by atoms with E-state index < -0.39 is 31.3 Å². The van der Waals surface area contributed by atoms with Gasteiger partial charge in [0.25, 0.3) is 0 Å². The van der Waals surface area contributed by atoms with Crippen LogP contribution in [0.2, 0.25) is 0 Å². The van der Waals surface area contributed by atoms with Crippen LogP contribution in [0.4, 0.5) is 13.2 Å². The molecule has 112 valence electrons. The van der Waals surface area contributed by atoms with Crippen LogP contribution >= 0.6 is 0 Å². The van der Waals surface area contributed by atoms with E-state index in [0.29, 0.717) is 12.8 Å². The molecule has 1 N–H and O–H groups in total. The number of halogens is 3. The Labute approximate surface area is 116 Å². The number of hydrogen-bond acceptors (Lipinski definition) is 2. The van der Waals surface area contributed by atoms with Crippen molar-refractivity contribution in [2.24, 2.45) is 0 Å². The van der Waals surface area contributed by atoms with Gasteiger partial charge in [0.15, 0.2) is 0 Å². The number of carbonyl (C=O) groups is 1. The first kappa shape index (κ1) is 16.5. The Balaban J connectivity index is 2.58. The molecule has 0 radical (unpaired) electrons. The minimum Gasteiger partial charge on any atom is -0.480 e. The SMILES string of the molecule is CC(CCc1ccccc1)N(CC(=O)O)CC(F)(F)F. The maximum atomic E-state index is 12.4. The highest BCUT2D eigenvalue weighted by molar-refractivity contribution is 5.69. The summed E-state index contributed by atoms with van der Waals surface area (Å²) in [4.78, 5) is 11.6. The highest BCUT2D eigenvalue weighted by Gasteiger charge is 2.33. The van der Waals surface area contributed by atoms with Crippen molar-refractivity contribution in [1.29, 1.82) is 0 Å². The van der Waals surface area contributed by atoms with Crippen molar-refractivity contribution in [2.75, 3.05) is 13.1 Å². The van der Waals surface area contributed by atoms with Crippen LogP contribution in [0.1, 0.15) is 18.9 Å². The second-order valence-corrected chi connectivity index (χ2v) is 4.79. The molecule has 1 atom stereocenters. The number of aryl methyl sites for hydroxylation is 1. The van der Waals surface area contributed by atoms with E-state index >= 15 is 0 Å².